The minimum Gasteiger partial charge on any atom is -0.390 e. The van der Waals surface area contributed by atoms with Crippen LogP contribution in [0.25, 0.3) is 0 Å². The predicted molar refractivity (Wildman–Crippen MR) is 77.6 cm³/mol. The quantitative estimate of drug-likeness (QED) is 0.924. The van der Waals surface area contributed by atoms with Crippen LogP contribution in [-0.4, -0.2) is 33.0 Å². The molecule has 1 fully saturated rings. The molecule has 1 aliphatic heterocycles. The van der Waals surface area contributed by atoms with Crippen LogP contribution in [0.15, 0.2) is 30.7 Å². The first-order valence-electron chi connectivity index (χ1n) is 7.05. The topological polar surface area (TPSA) is 54.2 Å². The first-order chi connectivity index (χ1) is 9.76. The van der Waals surface area contributed by atoms with Gasteiger partial charge in [0, 0.05) is 32.5 Å². The summed E-state index contributed by atoms with van der Waals surface area (Å²) in [6.45, 7) is 2.12. The van der Waals surface area contributed by atoms with E-state index >= 15 is 0 Å². The van der Waals surface area contributed by atoms with Gasteiger partial charge in [0.2, 0.25) is 0 Å². The fourth-order valence-corrected chi connectivity index (χ4v) is 2.81. The van der Waals surface area contributed by atoms with Crippen molar-refractivity contribution in [2.24, 2.45) is 7.05 Å². The van der Waals surface area contributed by atoms with Crippen LogP contribution in [-0.2, 0) is 13.7 Å². The average Bonchev–Trinajstić information content (AvgIpc) is 2.94. The Balaban J connectivity index is 1.63. The molecule has 3 rings (SSSR count). The van der Waals surface area contributed by atoms with Gasteiger partial charge in [-0.1, -0.05) is 6.07 Å². The third kappa shape index (κ3) is 2.67. The van der Waals surface area contributed by atoms with Crippen LogP contribution >= 0.6 is 0 Å². The zero-order valence-corrected chi connectivity index (χ0v) is 11.7. The molecule has 0 radical (unpaired) electrons. The number of aliphatic hydroxyl groups is 1. The van der Waals surface area contributed by atoms with Gasteiger partial charge in [-0.2, -0.15) is 5.10 Å². The van der Waals surface area contributed by atoms with Crippen molar-refractivity contribution in [3.63, 3.8) is 0 Å². The Kier molecular flexibility index (Phi) is 3.69. The molecule has 1 saturated heterocycles. The van der Waals surface area contributed by atoms with Crippen molar-refractivity contribution in [1.29, 1.82) is 0 Å². The SMILES string of the molecule is Cn1cc(N2CCC(c3ccc(CO)nc3)CC2)cn1. The molecule has 0 spiro atoms. The summed E-state index contributed by atoms with van der Waals surface area (Å²) in [7, 11) is 1.95. The van der Waals surface area contributed by atoms with Crippen LogP contribution in [0, 0.1) is 0 Å². The Morgan fingerprint density at radius 1 is 1.25 bits per heavy atom. The average molecular weight is 272 g/mol. The van der Waals surface area contributed by atoms with Crippen molar-refractivity contribution < 1.29 is 5.11 Å². The van der Waals surface area contributed by atoms with Gasteiger partial charge in [0.05, 0.1) is 24.2 Å². The molecule has 20 heavy (non-hydrogen) atoms. The molecule has 5 heteroatoms. The monoisotopic (exact) mass is 272 g/mol. The minimum atomic E-state index is 0.0136. The number of anilines is 1. The van der Waals surface area contributed by atoms with E-state index in [0.717, 1.165) is 31.6 Å². The van der Waals surface area contributed by atoms with E-state index in [1.165, 1.54) is 11.3 Å². The van der Waals surface area contributed by atoms with E-state index in [4.69, 9.17) is 5.11 Å². The van der Waals surface area contributed by atoms with E-state index in [9.17, 15) is 0 Å². The van der Waals surface area contributed by atoms with Crippen LogP contribution in [0.4, 0.5) is 5.69 Å². The highest BCUT2D eigenvalue weighted by atomic mass is 16.3. The second-order valence-corrected chi connectivity index (χ2v) is 5.37. The number of hydrogen-bond acceptors (Lipinski definition) is 4. The molecule has 106 valence electrons. The molecule has 1 aliphatic rings. The number of nitrogens with zero attached hydrogens (tertiary/aromatic N) is 4. The molecule has 0 unspecified atom stereocenters. The second-order valence-electron chi connectivity index (χ2n) is 5.37. The summed E-state index contributed by atoms with van der Waals surface area (Å²) in [5.41, 5.74) is 3.23. The highest BCUT2D eigenvalue weighted by molar-refractivity contribution is 5.43. The van der Waals surface area contributed by atoms with E-state index in [-0.39, 0.29) is 6.61 Å². The van der Waals surface area contributed by atoms with Gasteiger partial charge in [-0.05, 0) is 30.4 Å². The maximum Gasteiger partial charge on any atom is 0.0852 e. The highest BCUT2D eigenvalue weighted by Gasteiger charge is 2.21. The summed E-state index contributed by atoms with van der Waals surface area (Å²) in [6.07, 6.45) is 8.18. The molecule has 0 aliphatic carbocycles. The van der Waals surface area contributed by atoms with Crippen molar-refractivity contribution in [1.82, 2.24) is 14.8 Å². The molecular weight excluding hydrogens is 252 g/mol. The lowest BCUT2D eigenvalue weighted by atomic mass is 9.90. The van der Waals surface area contributed by atoms with Crippen LogP contribution in [0.5, 0.6) is 0 Å². The molecule has 5 nitrogen and oxygen atoms in total. The van der Waals surface area contributed by atoms with Crippen LogP contribution in [0.3, 0.4) is 0 Å². The van der Waals surface area contributed by atoms with Gasteiger partial charge in [0.15, 0.2) is 0 Å². The van der Waals surface area contributed by atoms with E-state index in [2.05, 4.69) is 27.2 Å². The van der Waals surface area contributed by atoms with Gasteiger partial charge in [-0.15, -0.1) is 0 Å². The van der Waals surface area contributed by atoms with E-state index in [0.29, 0.717) is 5.92 Å². The minimum absolute atomic E-state index is 0.0136. The van der Waals surface area contributed by atoms with Crippen molar-refractivity contribution in [2.45, 2.75) is 25.4 Å². The molecule has 2 aromatic heterocycles. The number of aliphatic hydroxyl groups excluding tert-OH is 1. The van der Waals surface area contributed by atoms with Gasteiger partial charge in [-0.25, -0.2) is 0 Å². The fourth-order valence-electron chi connectivity index (χ4n) is 2.81. The van der Waals surface area contributed by atoms with Gasteiger partial charge < -0.3 is 10.0 Å². The van der Waals surface area contributed by atoms with Crippen molar-refractivity contribution in [2.75, 3.05) is 18.0 Å². The summed E-state index contributed by atoms with van der Waals surface area (Å²) >= 11 is 0. The third-order valence-corrected chi connectivity index (χ3v) is 4.03. The molecule has 3 heterocycles. The maximum absolute atomic E-state index is 9.02. The van der Waals surface area contributed by atoms with Crippen molar-refractivity contribution in [3.8, 4) is 0 Å². The summed E-state index contributed by atoms with van der Waals surface area (Å²) in [5, 5.41) is 13.3. The summed E-state index contributed by atoms with van der Waals surface area (Å²) in [6, 6.07) is 4.02. The molecule has 0 atom stereocenters. The third-order valence-electron chi connectivity index (χ3n) is 4.03. The van der Waals surface area contributed by atoms with Crippen molar-refractivity contribution in [3.05, 3.63) is 42.0 Å². The first kappa shape index (κ1) is 13.1. The Hall–Kier alpha value is -1.88. The maximum atomic E-state index is 9.02. The van der Waals surface area contributed by atoms with Crippen LogP contribution < -0.4 is 4.90 Å². The number of hydrogen-bond donors (Lipinski definition) is 1. The van der Waals surface area contributed by atoms with Gasteiger partial charge in [-0.3, -0.25) is 9.67 Å². The fraction of sp³-hybridized carbons (Fsp3) is 0.467. The van der Waals surface area contributed by atoms with Gasteiger partial charge in [0.25, 0.3) is 0 Å². The van der Waals surface area contributed by atoms with Gasteiger partial charge >= 0.3 is 0 Å². The summed E-state index contributed by atoms with van der Waals surface area (Å²) < 4.78 is 1.85. The van der Waals surface area contributed by atoms with Crippen LogP contribution in [0.1, 0.15) is 30.0 Å². The molecule has 0 saturated carbocycles. The lowest BCUT2D eigenvalue weighted by Crippen LogP contribution is -2.32. The second kappa shape index (κ2) is 5.63. The predicted octanol–water partition coefficient (Wildman–Crippen LogP) is 1.69. The number of piperidine rings is 1. The molecular formula is C15H20N4O. The Labute approximate surface area is 118 Å². The van der Waals surface area contributed by atoms with E-state index in [1.807, 2.05) is 30.2 Å². The number of rotatable bonds is 3. The van der Waals surface area contributed by atoms with Crippen LogP contribution in [0.2, 0.25) is 0 Å². The molecule has 0 aromatic carbocycles. The Bertz CT molecular complexity index is 556. The zero-order valence-electron chi connectivity index (χ0n) is 11.7. The number of aromatic nitrogens is 3. The van der Waals surface area contributed by atoms with E-state index < -0.39 is 0 Å². The highest BCUT2D eigenvalue weighted by Crippen LogP contribution is 2.29. The number of aryl methyl sites for hydroxylation is 1. The summed E-state index contributed by atoms with van der Waals surface area (Å²) in [5.74, 6) is 0.572. The van der Waals surface area contributed by atoms with E-state index in [1.54, 1.807) is 0 Å². The smallest absolute Gasteiger partial charge is 0.0852 e. The largest absolute Gasteiger partial charge is 0.390 e. The lowest BCUT2D eigenvalue weighted by Gasteiger charge is -2.32. The Morgan fingerprint density at radius 3 is 2.60 bits per heavy atom. The molecule has 0 bridgehead atoms. The van der Waals surface area contributed by atoms with Gasteiger partial charge in [0.1, 0.15) is 0 Å². The van der Waals surface area contributed by atoms with Crippen molar-refractivity contribution >= 4 is 5.69 Å². The number of pyridine rings is 1. The lowest BCUT2D eigenvalue weighted by molar-refractivity contribution is 0.276. The summed E-state index contributed by atoms with van der Waals surface area (Å²) in [4.78, 5) is 6.66. The first-order valence-corrected chi connectivity index (χ1v) is 7.05. The zero-order chi connectivity index (χ0) is 13.9. The molecule has 2 aromatic rings. The molecule has 0 amide bonds. The Morgan fingerprint density at radius 2 is 2.05 bits per heavy atom. The molecule has 1 N–H and O–H groups in total. The standard InChI is InChI=1S/C15H20N4O/c1-18-10-15(9-17-18)19-6-4-12(5-7-19)13-2-3-14(11-20)16-8-13/h2-3,8-10,12,20H,4-7,11H2,1H3. The normalized spacial score (nSPS) is 16.6.